The van der Waals surface area contributed by atoms with Crippen LogP contribution in [0.5, 0.6) is 0 Å². The average molecular weight is 370 g/mol. The van der Waals surface area contributed by atoms with Gasteiger partial charge in [0.2, 0.25) is 0 Å². The van der Waals surface area contributed by atoms with Crippen molar-refractivity contribution < 1.29 is 14.3 Å². The number of benzene rings is 3. The fraction of sp³-hybridized carbons (Fsp3) is 0.190. The number of hydrogen-bond acceptors (Lipinski definition) is 2. The molecule has 0 radical (unpaired) electrons. The van der Waals surface area contributed by atoms with E-state index in [9.17, 15) is 14.3 Å². The van der Waals surface area contributed by atoms with Crippen molar-refractivity contribution in [3.63, 3.8) is 0 Å². The molecule has 1 fully saturated rings. The number of carbonyl (C=O) groups is 1. The molecule has 0 unspecified atom stereocenters. The minimum absolute atomic E-state index is 0.202. The molecule has 0 amide bonds. The standard InChI is InChI=1S/C21H17ClFNO2/c22-18-12-14(11-13-5-1-2-6-15(13)18)24-10-4-9-19(24)16-7-3-8-17(20(16)23)21(25)26/h1-3,5-8,11-12,19H,4,9-10H2,(H,25,26)/t19-/m1/s1. The van der Waals surface area contributed by atoms with Gasteiger partial charge in [-0.25, -0.2) is 9.18 Å². The van der Waals surface area contributed by atoms with Gasteiger partial charge in [-0.15, -0.1) is 0 Å². The van der Waals surface area contributed by atoms with E-state index in [1.54, 1.807) is 12.1 Å². The largest absolute Gasteiger partial charge is 0.478 e. The predicted octanol–water partition coefficient (Wildman–Crippen LogP) is 5.67. The Hall–Kier alpha value is -2.59. The Morgan fingerprint density at radius 2 is 1.96 bits per heavy atom. The summed E-state index contributed by atoms with van der Waals surface area (Å²) >= 11 is 6.45. The van der Waals surface area contributed by atoms with Gasteiger partial charge in [-0.2, -0.15) is 0 Å². The number of aromatic carboxylic acids is 1. The highest BCUT2D eigenvalue weighted by atomic mass is 35.5. The van der Waals surface area contributed by atoms with E-state index in [-0.39, 0.29) is 11.6 Å². The second-order valence-electron chi connectivity index (χ2n) is 6.51. The third-order valence-corrected chi connectivity index (χ3v) is 5.31. The summed E-state index contributed by atoms with van der Waals surface area (Å²) < 4.78 is 14.8. The van der Waals surface area contributed by atoms with Crippen molar-refractivity contribution in [3.8, 4) is 0 Å². The Kier molecular flexibility index (Phi) is 4.29. The molecule has 1 N–H and O–H groups in total. The summed E-state index contributed by atoms with van der Waals surface area (Å²) in [6.45, 7) is 0.774. The molecule has 3 aromatic rings. The monoisotopic (exact) mass is 369 g/mol. The summed E-state index contributed by atoms with van der Waals surface area (Å²) in [6.07, 6.45) is 1.68. The van der Waals surface area contributed by atoms with E-state index < -0.39 is 11.8 Å². The van der Waals surface area contributed by atoms with Crippen LogP contribution in [0.1, 0.15) is 34.8 Å². The Balaban J connectivity index is 1.79. The molecule has 5 heteroatoms. The van der Waals surface area contributed by atoms with Crippen molar-refractivity contribution in [2.45, 2.75) is 18.9 Å². The molecular formula is C21H17ClFNO2. The lowest BCUT2D eigenvalue weighted by Gasteiger charge is -2.28. The summed E-state index contributed by atoms with van der Waals surface area (Å²) in [5, 5.41) is 11.9. The first kappa shape index (κ1) is 16.9. The third kappa shape index (κ3) is 2.80. The van der Waals surface area contributed by atoms with Crippen molar-refractivity contribution in [3.05, 3.63) is 76.6 Å². The van der Waals surface area contributed by atoms with Crippen LogP contribution < -0.4 is 4.90 Å². The first-order valence-electron chi connectivity index (χ1n) is 8.53. The maximum absolute atomic E-state index is 14.8. The van der Waals surface area contributed by atoms with Crippen LogP contribution in [-0.4, -0.2) is 17.6 Å². The quantitative estimate of drug-likeness (QED) is 0.646. The topological polar surface area (TPSA) is 40.5 Å². The summed E-state index contributed by atoms with van der Waals surface area (Å²) in [5.41, 5.74) is 1.06. The maximum atomic E-state index is 14.8. The minimum Gasteiger partial charge on any atom is -0.478 e. The molecule has 0 spiro atoms. The summed E-state index contributed by atoms with van der Waals surface area (Å²) in [5.74, 6) is -1.90. The molecule has 0 saturated carbocycles. The molecule has 0 bridgehead atoms. The Morgan fingerprint density at radius 3 is 2.77 bits per heavy atom. The van der Waals surface area contributed by atoms with Gasteiger partial charge in [-0.1, -0.05) is 48.0 Å². The smallest absolute Gasteiger partial charge is 0.338 e. The van der Waals surface area contributed by atoms with Gasteiger partial charge in [0.25, 0.3) is 0 Å². The number of nitrogens with zero attached hydrogens (tertiary/aromatic N) is 1. The average Bonchev–Trinajstić information content (AvgIpc) is 3.11. The van der Waals surface area contributed by atoms with Crippen LogP contribution in [0, 0.1) is 5.82 Å². The number of halogens is 2. The Bertz CT molecular complexity index is 1000. The van der Waals surface area contributed by atoms with Crippen molar-refractivity contribution >= 4 is 34.0 Å². The highest BCUT2D eigenvalue weighted by Crippen LogP contribution is 2.40. The third-order valence-electron chi connectivity index (χ3n) is 5.00. The summed E-state index contributed by atoms with van der Waals surface area (Å²) in [6, 6.07) is 16.2. The van der Waals surface area contributed by atoms with Gasteiger partial charge < -0.3 is 10.0 Å². The zero-order chi connectivity index (χ0) is 18.3. The molecule has 1 aliphatic rings. The van der Waals surface area contributed by atoms with Crippen LogP contribution in [0.3, 0.4) is 0 Å². The van der Waals surface area contributed by atoms with Crippen LogP contribution in [0.15, 0.2) is 54.6 Å². The Morgan fingerprint density at radius 1 is 1.15 bits per heavy atom. The van der Waals surface area contributed by atoms with Crippen LogP contribution in [0.25, 0.3) is 10.8 Å². The van der Waals surface area contributed by atoms with E-state index in [2.05, 4.69) is 11.0 Å². The molecule has 1 aliphatic heterocycles. The highest BCUT2D eigenvalue weighted by molar-refractivity contribution is 6.35. The number of rotatable bonds is 3. The molecule has 0 aromatic heterocycles. The van der Waals surface area contributed by atoms with Gasteiger partial charge in [0.15, 0.2) is 0 Å². The van der Waals surface area contributed by atoms with Crippen molar-refractivity contribution in [2.24, 2.45) is 0 Å². The second-order valence-corrected chi connectivity index (χ2v) is 6.92. The van der Waals surface area contributed by atoms with Crippen LogP contribution in [-0.2, 0) is 0 Å². The lowest BCUT2D eigenvalue weighted by atomic mass is 10.00. The lowest BCUT2D eigenvalue weighted by molar-refractivity contribution is 0.0691. The van der Waals surface area contributed by atoms with Gasteiger partial charge >= 0.3 is 5.97 Å². The zero-order valence-electron chi connectivity index (χ0n) is 14.0. The summed E-state index contributed by atoms with van der Waals surface area (Å²) in [4.78, 5) is 13.4. The second kappa shape index (κ2) is 6.61. The van der Waals surface area contributed by atoms with Crippen LogP contribution in [0.2, 0.25) is 5.02 Å². The van der Waals surface area contributed by atoms with E-state index in [0.29, 0.717) is 10.6 Å². The van der Waals surface area contributed by atoms with E-state index in [0.717, 1.165) is 35.8 Å². The molecule has 132 valence electrons. The first-order chi connectivity index (χ1) is 12.6. The van der Waals surface area contributed by atoms with Gasteiger partial charge in [-0.3, -0.25) is 0 Å². The lowest BCUT2D eigenvalue weighted by Crippen LogP contribution is -2.24. The highest BCUT2D eigenvalue weighted by Gasteiger charge is 2.30. The van der Waals surface area contributed by atoms with E-state index in [1.165, 1.54) is 6.07 Å². The van der Waals surface area contributed by atoms with E-state index >= 15 is 0 Å². The molecule has 1 heterocycles. The van der Waals surface area contributed by atoms with Crippen molar-refractivity contribution in [1.29, 1.82) is 0 Å². The number of anilines is 1. The molecule has 1 saturated heterocycles. The first-order valence-corrected chi connectivity index (χ1v) is 8.90. The normalized spacial score (nSPS) is 17.0. The zero-order valence-corrected chi connectivity index (χ0v) is 14.7. The molecule has 4 rings (SSSR count). The fourth-order valence-electron chi connectivity index (χ4n) is 3.79. The number of carboxylic acids is 1. The van der Waals surface area contributed by atoms with Gasteiger partial charge in [-0.05, 0) is 36.4 Å². The van der Waals surface area contributed by atoms with E-state index in [4.69, 9.17) is 11.6 Å². The molecule has 3 aromatic carbocycles. The number of hydrogen-bond donors (Lipinski definition) is 1. The SMILES string of the molecule is O=C(O)c1cccc([C@H]2CCCN2c2cc(Cl)c3ccccc3c2)c1F. The molecule has 26 heavy (non-hydrogen) atoms. The predicted molar refractivity (Wildman–Crippen MR) is 102 cm³/mol. The van der Waals surface area contributed by atoms with Crippen molar-refractivity contribution in [1.82, 2.24) is 0 Å². The molecule has 0 aliphatic carbocycles. The fourth-order valence-corrected chi connectivity index (χ4v) is 4.07. The minimum atomic E-state index is -1.25. The van der Waals surface area contributed by atoms with E-state index in [1.807, 2.05) is 30.3 Å². The Labute approximate surface area is 155 Å². The van der Waals surface area contributed by atoms with Crippen LogP contribution >= 0.6 is 11.6 Å². The molecular weight excluding hydrogens is 353 g/mol. The summed E-state index contributed by atoms with van der Waals surface area (Å²) in [7, 11) is 0. The van der Waals surface area contributed by atoms with Gasteiger partial charge in [0, 0.05) is 23.2 Å². The number of fused-ring (bicyclic) bond motifs is 1. The maximum Gasteiger partial charge on any atom is 0.338 e. The molecule has 3 nitrogen and oxygen atoms in total. The number of carboxylic acid groups (broad SMARTS) is 1. The van der Waals surface area contributed by atoms with Crippen molar-refractivity contribution in [2.75, 3.05) is 11.4 Å². The van der Waals surface area contributed by atoms with Gasteiger partial charge in [0.05, 0.1) is 16.6 Å². The van der Waals surface area contributed by atoms with Gasteiger partial charge in [0.1, 0.15) is 5.82 Å². The molecule has 1 atom stereocenters. The van der Waals surface area contributed by atoms with Crippen LogP contribution in [0.4, 0.5) is 10.1 Å².